The second-order valence-electron chi connectivity index (χ2n) is 4.33. The van der Waals surface area contributed by atoms with E-state index in [2.05, 4.69) is 10.6 Å². The molecule has 0 saturated heterocycles. The molecule has 1 aromatic rings. The summed E-state index contributed by atoms with van der Waals surface area (Å²) in [5, 5.41) is 14.7. The Kier molecular flexibility index (Phi) is 3.43. The van der Waals surface area contributed by atoms with Crippen molar-refractivity contribution in [2.75, 3.05) is 5.32 Å². The lowest BCUT2D eigenvalue weighted by molar-refractivity contribution is -0.148. The number of aliphatic carboxylic acids is 1. The summed E-state index contributed by atoms with van der Waals surface area (Å²) in [5.74, 6) is -0.986. The number of hydrogen-bond donors (Lipinski definition) is 3. The number of hydrogen-bond acceptors (Lipinski definition) is 2. The zero-order valence-corrected chi connectivity index (χ0v) is 10.3. The maximum absolute atomic E-state index is 11.7. The fraction of sp³-hybridized carbons (Fsp3) is 0.333. The minimum absolute atomic E-state index is 0.469. The van der Waals surface area contributed by atoms with Gasteiger partial charge in [0.1, 0.15) is 5.54 Å². The molecule has 3 N–H and O–H groups in total. The summed E-state index contributed by atoms with van der Waals surface area (Å²) >= 11 is 5.72. The van der Waals surface area contributed by atoms with E-state index < -0.39 is 17.5 Å². The van der Waals surface area contributed by atoms with Crippen LogP contribution in [0.3, 0.4) is 0 Å². The molecule has 6 heteroatoms. The number of benzene rings is 1. The lowest BCUT2D eigenvalue weighted by Gasteiger charge is -2.38. The van der Waals surface area contributed by atoms with Crippen molar-refractivity contribution in [2.45, 2.75) is 24.8 Å². The predicted molar refractivity (Wildman–Crippen MR) is 67.8 cm³/mol. The van der Waals surface area contributed by atoms with Crippen LogP contribution in [0.4, 0.5) is 10.5 Å². The molecule has 0 spiro atoms. The van der Waals surface area contributed by atoms with Gasteiger partial charge in [-0.1, -0.05) is 11.6 Å². The van der Waals surface area contributed by atoms with Crippen molar-refractivity contribution in [3.63, 3.8) is 0 Å². The molecule has 0 aliphatic heterocycles. The summed E-state index contributed by atoms with van der Waals surface area (Å²) in [4.78, 5) is 22.8. The fourth-order valence-electron chi connectivity index (χ4n) is 1.84. The van der Waals surface area contributed by atoms with Gasteiger partial charge in [0.15, 0.2) is 0 Å². The second-order valence-corrected chi connectivity index (χ2v) is 4.76. The highest BCUT2D eigenvalue weighted by atomic mass is 35.5. The van der Waals surface area contributed by atoms with Crippen molar-refractivity contribution in [1.29, 1.82) is 0 Å². The largest absolute Gasteiger partial charge is 0.480 e. The molecule has 0 radical (unpaired) electrons. The Morgan fingerprint density at radius 2 is 1.83 bits per heavy atom. The Morgan fingerprint density at radius 1 is 1.22 bits per heavy atom. The Bertz CT molecular complexity index is 469. The quantitative estimate of drug-likeness (QED) is 0.788. The standard InChI is InChI=1S/C12H13ClN2O3/c13-8-2-4-9(5-3-8)14-11(18)15-12(10(16)17)6-1-7-12/h2-5H,1,6-7H2,(H,16,17)(H2,14,15,18). The summed E-state index contributed by atoms with van der Waals surface area (Å²) < 4.78 is 0. The van der Waals surface area contributed by atoms with Gasteiger partial charge in [-0.05, 0) is 43.5 Å². The van der Waals surface area contributed by atoms with Crippen molar-refractivity contribution < 1.29 is 14.7 Å². The monoisotopic (exact) mass is 268 g/mol. The summed E-state index contributed by atoms with van der Waals surface area (Å²) in [6, 6.07) is 6.08. The van der Waals surface area contributed by atoms with Crippen molar-refractivity contribution in [1.82, 2.24) is 5.32 Å². The van der Waals surface area contributed by atoms with Gasteiger partial charge in [-0.25, -0.2) is 9.59 Å². The Labute approximate surface area is 109 Å². The minimum atomic E-state index is -1.10. The highest BCUT2D eigenvalue weighted by molar-refractivity contribution is 6.30. The van der Waals surface area contributed by atoms with Gasteiger partial charge in [-0.3, -0.25) is 0 Å². The van der Waals surface area contributed by atoms with E-state index in [4.69, 9.17) is 16.7 Å². The minimum Gasteiger partial charge on any atom is -0.480 e. The van der Waals surface area contributed by atoms with Crippen LogP contribution in [0.5, 0.6) is 0 Å². The third-order valence-electron chi connectivity index (χ3n) is 3.07. The van der Waals surface area contributed by atoms with Crippen LogP contribution in [0.15, 0.2) is 24.3 Å². The van der Waals surface area contributed by atoms with Crippen LogP contribution >= 0.6 is 11.6 Å². The number of rotatable bonds is 3. The van der Waals surface area contributed by atoms with Crippen molar-refractivity contribution >= 4 is 29.3 Å². The lowest BCUT2D eigenvalue weighted by Crippen LogP contribution is -2.60. The van der Waals surface area contributed by atoms with E-state index >= 15 is 0 Å². The molecule has 1 saturated carbocycles. The van der Waals surface area contributed by atoms with E-state index in [1.165, 1.54) is 0 Å². The molecule has 2 amide bonds. The number of nitrogens with one attached hydrogen (secondary N) is 2. The molecule has 96 valence electrons. The van der Waals surface area contributed by atoms with Gasteiger partial charge in [0.25, 0.3) is 0 Å². The molecular formula is C12H13ClN2O3. The van der Waals surface area contributed by atoms with Crippen LogP contribution < -0.4 is 10.6 Å². The second kappa shape index (κ2) is 4.86. The molecule has 5 nitrogen and oxygen atoms in total. The summed E-state index contributed by atoms with van der Waals surface area (Å²) in [5.41, 5.74) is -0.534. The van der Waals surface area contributed by atoms with Crippen LogP contribution in [0.25, 0.3) is 0 Å². The number of carboxylic acids is 1. The van der Waals surface area contributed by atoms with Gasteiger partial charge in [-0.2, -0.15) is 0 Å². The van der Waals surface area contributed by atoms with Crippen LogP contribution in [0.1, 0.15) is 19.3 Å². The number of carbonyl (C=O) groups excluding carboxylic acids is 1. The zero-order valence-electron chi connectivity index (χ0n) is 9.57. The first-order valence-corrected chi connectivity index (χ1v) is 5.98. The number of urea groups is 1. The third-order valence-corrected chi connectivity index (χ3v) is 3.32. The summed E-state index contributed by atoms with van der Waals surface area (Å²) in [7, 11) is 0. The smallest absolute Gasteiger partial charge is 0.329 e. The zero-order chi connectivity index (χ0) is 13.2. The topological polar surface area (TPSA) is 78.4 Å². The fourth-order valence-corrected chi connectivity index (χ4v) is 1.96. The van der Waals surface area contributed by atoms with Crippen LogP contribution in [-0.4, -0.2) is 22.6 Å². The van der Waals surface area contributed by atoms with Gasteiger partial charge in [0, 0.05) is 10.7 Å². The van der Waals surface area contributed by atoms with E-state index in [1.807, 2.05) is 0 Å². The first-order valence-electron chi connectivity index (χ1n) is 5.60. The Morgan fingerprint density at radius 3 is 2.28 bits per heavy atom. The number of halogens is 1. The molecule has 0 unspecified atom stereocenters. The van der Waals surface area contributed by atoms with E-state index in [0.717, 1.165) is 6.42 Å². The van der Waals surface area contributed by atoms with Crippen LogP contribution in [0.2, 0.25) is 5.02 Å². The average Bonchev–Trinajstić information content (AvgIpc) is 2.26. The normalized spacial score (nSPS) is 16.5. The van der Waals surface area contributed by atoms with Gasteiger partial charge >= 0.3 is 12.0 Å². The van der Waals surface area contributed by atoms with Crippen LogP contribution in [-0.2, 0) is 4.79 Å². The van der Waals surface area contributed by atoms with E-state index in [-0.39, 0.29) is 0 Å². The summed E-state index contributed by atoms with van der Waals surface area (Å²) in [6.07, 6.45) is 1.75. The van der Waals surface area contributed by atoms with E-state index in [0.29, 0.717) is 23.6 Å². The first kappa shape index (κ1) is 12.7. The maximum atomic E-state index is 11.7. The molecule has 0 atom stereocenters. The molecule has 2 rings (SSSR count). The Balaban J connectivity index is 1.96. The van der Waals surface area contributed by atoms with E-state index in [1.54, 1.807) is 24.3 Å². The van der Waals surface area contributed by atoms with Crippen molar-refractivity contribution in [3.8, 4) is 0 Å². The number of carbonyl (C=O) groups is 2. The maximum Gasteiger partial charge on any atom is 0.329 e. The highest BCUT2D eigenvalue weighted by Crippen LogP contribution is 2.32. The van der Waals surface area contributed by atoms with Crippen molar-refractivity contribution in [2.24, 2.45) is 0 Å². The molecule has 0 bridgehead atoms. The van der Waals surface area contributed by atoms with Gasteiger partial charge < -0.3 is 15.7 Å². The average molecular weight is 269 g/mol. The van der Waals surface area contributed by atoms with E-state index in [9.17, 15) is 9.59 Å². The summed E-state index contributed by atoms with van der Waals surface area (Å²) in [6.45, 7) is 0. The first-order chi connectivity index (χ1) is 8.52. The molecule has 18 heavy (non-hydrogen) atoms. The van der Waals surface area contributed by atoms with Gasteiger partial charge in [-0.15, -0.1) is 0 Å². The number of anilines is 1. The third kappa shape index (κ3) is 2.56. The molecular weight excluding hydrogens is 256 g/mol. The molecule has 1 aliphatic rings. The molecule has 1 aromatic carbocycles. The van der Waals surface area contributed by atoms with Crippen LogP contribution in [0, 0.1) is 0 Å². The SMILES string of the molecule is O=C(Nc1ccc(Cl)cc1)NC1(C(=O)O)CCC1. The number of carboxylic acid groups (broad SMARTS) is 1. The molecule has 0 aromatic heterocycles. The predicted octanol–water partition coefficient (Wildman–Crippen LogP) is 2.47. The van der Waals surface area contributed by atoms with Crippen molar-refractivity contribution in [3.05, 3.63) is 29.3 Å². The van der Waals surface area contributed by atoms with Gasteiger partial charge in [0.05, 0.1) is 0 Å². The molecule has 1 fully saturated rings. The Hall–Kier alpha value is -1.75. The highest BCUT2D eigenvalue weighted by Gasteiger charge is 2.45. The lowest BCUT2D eigenvalue weighted by atomic mass is 9.77. The molecule has 1 aliphatic carbocycles. The molecule has 0 heterocycles. The van der Waals surface area contributed by atoms with Gasteiger partial charge in [0.2, 0.25) is 0 Å². The number of amides is 2.